The quantitative estimate of drug-likeness (QED) is 0.823. The zero-order valence-corrected chi connectivity index (χ0v) is 16.7. The Bertz CT molecular complexity index is 913. The molecule has 0 saturated heterocycles. The predicted molar refractivity (Wildman–Crippen MR) is 107 cm³/mol. The molecule has 0 radical (unpaired) electrons. The highest BCUT2D eigenvalue weighted by molar-refractivity contribution is 7.92. The molecule has 0 aliphatic rings. The van der Waals surface area contributed by atoms with Crippen LogP contribution < -0.4 is 10.0 Å². The minimum Gasteiger partial charge on any atom is -0.322 e. The van der Waals surface area contributed by atoms with Gasteiger partial charge in [0, 0.05) is 16.9 Å². The Hall–Kier alpha value is -2.34. The van der Waals surface area contributed by atoms with Crippen LogP contribution in [0.1, 0.15) is 42.3 Å². The summed E-state index contributed by atoms with van der Waals surface area (Å²) in [7, 11) is -3.39. The SMILES string of the molecule is Cc1cc(NC(=O)c2cccc(NS(C)(=O)=O)c2)ccc1CC(C)(C)C. The first-order valence-corrected chi connectivity index (χ1v) is 10.3. The van der Waals surface area contributed by atoms with E-state index in [1.165, 1.54) is 11.6 Å². The van der Waals surface area contributed by atoms with Gasteiger partial charge in [0.25, 0.3) is 5.91 Å². The molecule has 0 unspecified atom stereocenters. The van der Waals surface area contributed by atoms with Crippen molar-refractivity contribution in [3.63, 3.8) is 0 Å². The number of hydrogen-bond acceptors (Lipinski definition) is 3. The van der Waals surface area contributed by atoms with Crippen LogP contribution in [0.3, 0.4) is 0 Å². The molecule has 26 heavy (non-hydrogen) atoms. The lowest BCUT2D eigenvalue weighted by Crippen LogP contribution is -2.14. The number of hydrogen-bond donors (Lipinski definition) is 2. The number of carbonyl (C=O) groups excluding carboxylic acids is 1. The lowest BCUT2D eigenvalue weighted by molar-refractivity contribution is 0.102. The van der Waals surface area contributed by atoms with Crippen molar-refractivity contribution in [2.45, 2.75) is 34.1 Å². The molecule has 0 aliphatic heterocycles. The fourth-order valence-corrected chi connectivity index (χ4v) is 3.24. The summed E-state index contributed by atoms with van der Waals surface area (Å²) < 4.78 is 25.0. The molecule has 1 amide bonds. The maximum Gasteiger partial charge on any atom is 0.255 e. The van der Waals surface area contributed by atoms with Gasteiger partial charge in [-0.1, -0.05) is 32.9 Å². The average Bonchev–Trinajstić information content (AvgIpc) is 2.47. The molecular formula is C20H26N2O3S. The average molecular weight is 375 g/mol. The third-order valence-corrected chi connectivity index (χ3v) is 4.36. The van der Waals surface area contributed by atoms with Crippen LogP contribution in [0.2, 0.25) is 0 Å². The Morgan fingerprint density at radius 1 is 1.04 bits per heavy atom. The molecule has 0 spiro atoms. The minimum atomic E-state index is -3.39. The summed E-state index contributed by atoms with van der Waals surface area (Å²) in [5, 5.41) is 2.86. The number of rotatable bonds is 5. The number of aryl methyl sites for hydroxylation is 1. The first-order chi connectivity index (χ1) is 11.9. The number of amides is 1. The van der Waals surface area contributed by atoms with Gasteiger partial charge in [-0.25, -0.2) is 8.42 Å². The number of nitrogens with one attached hydrogen (secondary N) is 2. The topological polar surface area (TPSA) is 75.3 Å². The molecule has 6 heteroatoms. The van der Waals surface area contributed by atoms with Crippen LogP contribution in [0.25, 0.3) is 0 Å². The van der Waals surface area contributed by atoms with Gasteiger partial charge in [0.15, 0.2) is 0 Å². The van der Waals surface area contributed by atoms with E-state index in [-0.39, 0.29) is 11.3 Å². The smallest absolute Gasteiger partial charge is 0.255 e. The Morgan fingerprint density at radius 3 is 2.31 bits per heavy atom. The van der Waals surface area contributed by atoms with E-state index in [1.807, 2.05) is 25.1 Å². The Morgan fingerprint density at radius 2 is 1.73 bits per heavy atom. The highest BCUT2D eigenvalue weighted by atomic mass is 32.2. The summed E-state index contributed by atoms with van der Waals surface area (Å²) in [6.45, 7) is 8.62. The van der Waals surface area contributed by atoms with Crippen LogP contribution in [-0.4, -0.2) is 20.6 Å². The number of anilines is 2. The van der Waals surface area contributed by atoms with Gasteiger partial charge in [-0.15, -0.1) is 0 Å². The second-order valence-corrected chi connectivity index (χ2v) is 9.54. The first kappa shape index (κ1) is 20.0. The molecule has 0 aliphatic carbocycles. The van der Waals surface area contributed by atoms with Crippen LogP contribution >= 0.6 is 0 Å². The van der Waals surface area contributed by atoms with E-state index in [1.54, 1.807) is 18.2 Å². The molecule has 0 heterocycles. The zero-order valence-electron chi connectivity index (χ0n) is 15.9. The lowest BCUT2D eigenvalue weighted by Gasteiger charge is -2.20. The van der Waals surface area contributed by atoms with E-state index in [0.29, 0.717) is 16.9 Å². The summed E-state index contributed by atoms with van der Waals surface area (Å²) in [5.41, 5.74) is 4.04. The van der Waals surface area contributed by atoms with Gasteiger partial charge in [-0.05, 0) is 60.2 Å². The molecule has 2 aromatic carbocycles. The third-order valence-electron chi connectivity index (χ3n) is 3.75. The largest absolute Gasteiger partial charge is 0.322 e. The van der Waals surface area contributed by atoms with Gasteiger partial charge in [0.2, 0.25) is 10.0 Å². The van der Waals surface area contributed by atoms with Gasteiger partial charge < -0.3 is 5.32 Å². The van der Waals surface area contributed by atoms with Crippen molar-refractivity contribution in [1.82, 2.24) is 0 Å². The molecule has 0 bridgehead atoms. The highest BCUT2D eigenvalue weighted by Crippen LogP contribution is 2.25. The van der Waals surface area contributed by atoms with Crippen molar-refractivity contribution in [3.05, 3.63) is 59.2 Å². The summed E-state index contributed by atoms with van der Waals surface area (Å²) >= 11 is 0. The Labute approximate surface area is 155 Å². The van der Waals surface area contributed by atoms with Crippen LogP contribution in [-0.2, 0) is 16.4 Å². The van der Waals surface area contributed by atoms with Crippen LogP contribution in [0.4, 0.5) is 11.4 Å². The maximum atomic E-state index is 12.5. The van der Waals surface area contributed by atoms with Gasteiger partial charge in [0.1, 0.15) is 0 Å². The summed E-state index contributed by atoms with van der Waals surface area (Å²) in [4.78, 5) is 12.5. The van der Waals surface area contributed by atoms with Crippen molar-refractivity contribution in [2.75, 3.05) is 16.3 Å². The molecular weight excluding hydrogens is 348 g/mol. The molecule has 0 saturated carbocycles. The van der Waals surface area contributed by atoms with Crippen LogP contribution in [0, 0.1) is 12.3 Å². The summed E-state index contributed by atoms with van der Waals surface area (Å²) in [6.07, 6.45) is 2.04. The van der Waals surface area contributed by atoms with Crippen LogP contribution in [0.15, 0.2) is 42.5 Å². The monoisotopic (exact) mass is 374 g/mol. The van der Waals surface area contributed by atoms with Gasteiger partial charge in [-0.3, -0.25) is 9.52 Å². The fraction of sp³-hybridized carbons (Fsp3) is 0.350. The molecule has 2 aromatic rings. The van der Waals surface area contributed by atoms with E-state index in [4.69, 9.17) is 0 Å². The van der Waals surface area contributed by atoms with Crippen molar-refractivity contribution >= 4 is 27.3 Å². The van der Waals surface area contributed by atoms with E-state index in [0.717, 1.165) is 18.2 Å². The molecule has 0 fully saturated rings. The normalized spacial score (nSPS) is 11.9. The van der Waals surface area contributed by atoms with E-state index in [2.05, 4.69) is 30.8 Å². The molecule has 2 rings (SSSR count). The van der Waals surface area contributed by atoms with Gasteiger partial charge >= 0.3 is 0 Å². The standard InChI is InChI=1S/C20H26N2O3S/c1-14-11-17(10-9-16(14)13-20(2,3)4)21-19(23)15-7-6-8-18(12-15)22-26(5,24)25/h6-12,22H,13H2,1-5H3,(H,21,23). The van der Waals surface area contributed by atoms with E-state index >= 15 is 0 Å². The number of sulfonamides is 1. The Kier molecular flexibility index (Phi) is 5.76. The summed E-state index contributed by atoms with van der Waals surface area (Å²) in [5.74, 6) is -0.287. The summed E-state index contributed by atoms with van der Waals surface area (Å²) in [6, 6.07) is 12.3. The molecule has 0 atom stereocenters. The zero-order chi connectivity index (χ0) is 19.5. The van der Waals surface area contributed by atoms with E-state index < -0.39 is 10.0 Å². The highest BCUT2D eigenvalue weighted by Gasteiger charge is 2.14. The molecule has 5 nitrogen and oxygen atoms in total. The third kappa shape index (κ3) is 6.19. The molecule has 2 N–H and O–H groups in total. The van der Waals surface area contributed by atoms with Crippen molar-refractivity contribution in [1.29, 1.82) is 0 Å². The van der Waals surface area contributed by atoms with Crippen LogP contribution in [0.5, 0.6) is 0 Å². The van der Waals surface area contributed by atoms with Gasteiger partial charge in [0.05, 0.1) is 6.26 Å². The van der Waals surface area contributed by atoms with E-state index in [9.17, 15) is 13.2 Å². The second-order valence-electron chi connectivity index (χ2n) is 7.79. The lowest BCUT2D eigenvalue weighted by atomic mass is 9.86. The fourth-order valence-electron chi connectivity index (χ4n) is 2.68. The van der Waals surface area contributed by atoms with Crippen molar-refractivity contribution < 1.29 is 13.2 Å². The number of benzene rings is 2. The maximum absolute atomic E-state index is 12.5. The van der Waals surface area contributed by atoms with Gasteiger partial charge in [-0.2, -0.15) is 0 Å². The predicted octanol–water partition coefficient (Wildman–Crippen LogP) is 4.21. The van der Waals surface area contributed by atoms with Crippen molar-refractivity contribution in [2.24, 2.45) is 5.41 Å². The Balaban J connectivity index is 2.15. The minimum absolute atomic E-state index is 0.197. The second kappa shape index (κ2) is 7.50. The molecule has 140 valence electrons. The van der Waals surface area contributed by atoms with Crippen molar-refractivity contribution in [3.8, 4) is 0 Å². The first-order valence-electron chi connectivity index (χ1n) is 8.42. The molecule has 0 aromatic heterocycles. The number of carbonyl (C=O) groups is 1.